The second-order valence-corrected chi connectivity index (χ2v) is 7.80. The SMILES string of the molecule is CN(C)C1C=CC2(CC1)c1ccccc1CCc1ccc(Cl)cc12.Cl. The number of likely N-dealkylation sites (N-methyl/N-ethyl adjacent to an activating group) is 1. The van der Waals surface area contributed by atoms with Crippen LogP contribution < -0.4 is 0 Å². The zero-order valence-corrected chi connectivity index (χ0v) is 16.4. The molecule has 2 atom stereocenters. The van der Waals surface area contributed by atoms with E-state index in [4.69, 9.17) is 11.6 Å². The first kappa shape index (κ1) is 18.5. The summed E-state index contributed by atoms with van der Waals surface area (Å²) in [6.07, 6.45) is 9.37. The minimum atomic E-state index is -0.0279. The van der Waals surface area contributed by atoms with Crippen LogP contribution in [0.4, 0.5) is 0 Å². The topological polar surface area (TPSA) is 3.24 Å². The largest absolute Gasteiger partial charge is 0.303 e. The van der Waals surface area contributed by atoms with Crippen molar-refractivity contribution < 1.29 is 0 Å². The molecular formula is C22H25Cl2N. The zero-order valence-electron chi connectivity index (χ0n) is 14.8. The normalized spacial score (nSPS) is 24.4. The summed E-state index contributed by atoms with van der Waals surface area (Å²) in [6.45, 7) is 0. The zero-order chi connectivity index (χ0) is 16.7. The van der Waals surface area contributed by atoms with E-state index in [0.29, 0.717) is 6.04 Å². The number of aryl methyl sites for hydroxylation is 2. The molecule has 2 aromatic carbocycles. The number of hydrogen-bond donors (Lipinski definition) is 0. The van der Waals surface area contributed by atoms with Crippen LogP contribution in [-0.4, -0.2) is 25.0 Å². The summed E-state index contributed by atoms with van der Waals surface area (Å²) in [5.74, 6) is 0. The molecule has 3 heteroatoms. The van der Waals surface area contributed by atoms with Crippen molar-refractivity contribution in [1.29, 1.82) is 0 Å². The van der Waals surface area contributed by atoms with Crippen LogP contribution in [0.5, 0.6) is 0 Å². The van der Waals surface area contributed by atoms with Crippen molar-refractivity contribution >= 4 is 24.0 Å². The third-order valence-electron chi connectivity index (χ3n) is 5.81. The van der Waals surface area contributed by atoms with Gasteiger partial charge in [0.25, 0.3) is 0 Å². The fourth-order valence-corrected chi connectivity index (χ4v) is 4.65. The summed E-state index contributed by atoms with van der Waals surface area (Å²) >= 11 is 6.41. The fraction of sp³-hybridized carbons (Fsp3) is 0.364. The molecule has 0 aliphatic heterocycles. The second-order valence-electron chi connectivity index (χ2n) is 7.36. The van der Waals surface area contributed by atoms with Crippen LogP contribution in [0.2, 0.25) is 5.02 Å². The van der Waals surface area contributed by atoms with Crippen LogP contribution >= 0.6 is 24.0 Å². The van der Waals surface area contributed by atoms with Crippen LogP contribution in [0.3, 0.4) is 0 Å². The molecule has 2 aliphatic carbocycles. The lowest BCUT2D eigenvalue weighted by Crippen LogP contribution is -2.36. The van der Waals surface area contributed by atoms with E-state index in [9.17, 15) is 0 Å². The molecule has 0 heterocycles. The number of hydrogen-bond acceptors (Lipinski definition) is 1. The summed E-state index contributed by atoms with van der Waals surface area (Å²) in [7, 11) is 4.33. The van der Waals surface area contributed by atoms with E-state index in [2.05, 4.69) is 67.5 Å². The number of rotatable bonds is 1. The molecule has 0 saturated carbocycles. The molecule has 2 aromatic rings. The number of fused-ring (bicyclic) bond motifs is 4. The average molecular weight is 374 g/mol. The Kier molecular flexibility index (Phi) is 5.29. The van der Waals surface area contributed by atoms with Gasteiger partial charge in [-0.1, -0.05) is 54.1 Å². The Balaban J connectivity index is 0.00000182. The predicted octanol–water partition coefficient (Wildman–Crippen LogP) is 5.43. The molecule has 25 heavy (non-hydrogen) atoms. The summed E-state index contributed by atoms with van der Waals surface area (Å²) in [6, 6.07) is 16.0. The van der Waals surface area contributed by atoms with Crippen LogP contribution in [0.25, 0.3) is 0 Å². The fourth-order valence-electron chi connectivity index (χ4n) is 4.48. The van der Waals surface area contributed by atoms with Crippen molar-refractivity contribution in [3.8, 4) is 0 Å². The predicted molar refractivity (Wildman–Crippen MR) is 109 cm³/mol. The molecule has 0 bridgehead atoms. The average Bonchev–Trinajstić information content (AvgIpc) is 2.72. The van der Waals surface area contributed by atoms with Gasteiger partial charge in [0.1, 0.15) is 0 Å². The quantitative estimate of drug-likeness (QED) is 0.602. The third-order valence-corrected chi connectivity index (χ3v) is 6.05. The maximum absolute atomic E-state index is 6.41. The highest BCUT2D eigenvalue weighted by Gasteiger charge is 2.39. The van der Waals surface area contributed by atoms with Crippen molar-refractivity contribution in [2.75, 3.05) is 14.1 Å². The molecule has 2 unspecified atom stereocenters. The van der Waals surface area contributed by atoms with Crippen LogP contribution in [0.15, 0.2) is 54.6 Å². The van der Waals surface area contributed by atoms with E-state index in [1.54, 1.807) is 0 Å². The maximum atomic E-state index is 6.41. The molecule has 1 spiro atoms. The molecular weight excluding hydrogens is 349 g/mol. The molecule has 0 saturated heterocycles. The molecule has 0 aromatic heterocycles. The number of benzene rings is 2. The Labute approximate surface area is 162 Å². The maximum Gasteiger partial charge on any atom is 0.0409 e. The molecule has 0 fully saturated rings. The van der Waals surface area contributed by atoms with Gasteiger partial charge in [-0.2, -0.15) is 0 Å². The number of halogens is 2. The highest BCUT2D eigenvalue weighted by molar-refractivity contribution is 6.30. The first-order valence-electron chi connectivity index (χ1n) is 8.83. The van der Waals surface area contributed by atoms with E-state index < -0.39 is 0 Å². The summed E-state index contributed by atoms with van der Waals surface area (Å²) < 4.78 is 0. The monoisotopic (exact) mass is 373 g/mol. The van der Waals surface area contributed by atoms with Gasteiger partial charge in [0.05, 0.1) is 0 Å². The van der Waals surface area contributed by atoms with Gasteiger partial charge in [0, 0.05) is 16.5 Å². The van der Waals surface area contributed by atoms with Gasteiger partial charge in [-0.3, -0.25) is 0 Å². The highest BCUT2D eigenvalue weighted by Crippen LogP contribution is 2.47. The van der Waals surface area contributed by atoms with Crippen molar-refractivity contribution in [3.63, 3.8) is 0 Å². The van der Waals surface area contributed by atoms with Gasteiger partial charge in [-0.05, 0) is 74.2 Å². The second kappa shape index (κ2) is 7.15. The number of allylic oxidation sites excluding steroid dienone is 1. The van der Waals surface area contributed by atoms with Gasteiger partial charge in [-0.25, -0.2) is 0 Å². The molecule has 0 amide bonds. The van der Waals surface area contributed by atoms with Crippen molar-refractivity contribution in [3.05, 3.63) is 81.9 Å². The van der Waals surface area contributed by atoms with E-state index >= 15 is 0 Å². The number of nitrogens with zero attached hydrogens (tertiary/aromatic N) is 1. The van der Waals surface area contributed by atoms with Crippen LogP contribution in [0.1, 0.15) is 35.1 Å². The molecule has 1 nitrogen and oxygen atoms in total. The summed E-state index contributed by atoms with van der Waals surface area (Å²) in [5.41, 5.74) is 5.79. The van der Waals surface area contributed by atoms with E-state index in [1.165, 1.54) is 28.7 Å². The van der Waals surface area contributed by atoms with Gasteiger partial charge >= 0.3 is 0 Å². The third kappa shape index (κ3) is 3.14. The first-order chi connectivity index (χ1) is 11.6. The minimum absolute atomic E-state index is 0. The Morgan fingerprint density at radius 1 is 1.00 bits per heavy atom. The highest BCUT2D eigenvalue weighted by atomic mass is 35.5. The Hall–Kier alpha value is -1.28. The van der Waals surface area contributed by atoms with E-state index in [-0.39, 0.29) is 17.8 Å². The summed E-state index contributed by atoms with van der Waals surface area (Å²) in [4.78, 5) is 2.31. The minimum Gasteiger partial charge on any atom is -0.303 e. The molecule has 0 radical (unpaired) electrons. The van der Waals surface area contributed by atoms with Crippen molar-refractivity contribution in [1.82, 2.24) is 4.90 Å². The Morgan fingerprint density at radius 2 is 1.72 bits per heavy atom. The van der Waals surface area contributed by atoms with Crippen LogP contribution in [0, 0.1) is 0 Å². The smallest absolute Gasteiger partial charge is 0.0409 e. The van der Waals surface area contributed by atoms with Gasteiger partial charge in [0.2, 0.25) is 0 Å². The molecule has 132 valence electrons. The van der Waals surface area contributed by atoms with E-state index in [0.717, 1.165) is 24.3 Å². The lowest BCUT2D eigenvalue weighted by atomic mass is 9.66. The Morgan fingerprint density at radius 3 is 2.40 bits per heavy atom. The van der Waals surface area contributed by atoms with Gasteiger partial charge in [-0.15, -0.1) is 12.4 Å². The van der Waals surface area contributed by atoms with Crippen molar-refractivity contribution in [2.45, 2.75) is 37.1 Å². The summed E-state index contributed by atoms with van der Waals surface area (Å²) in [5, 5.41) is 0.843. The van der Waals surface area contributed by atoms with E-state index in [1.807, 2.05) is 6.07 Å². The van der Waals surface area contributed by atoms with Gasteiger partial charge in [0.15, 0.2) is 0 Å². The lowest BCUT2D eigenvalue weighted by Gasteiger charge is -2.39. The molecule has 2 aliphatic rings. The lowest BCUT2D eigenvalue weighted by molar-refractivity contribution is 0.297. The van der Waals surface area contributed by atoms with Gasteiger partial charge < -0.3 is 4.90 Å². The standard InChI is InChI=1S/C22H24ClN.ClH/c1-24(2)19-11-13-22(14-12-19)20-6-4-3-5-16(20)7-8-17-9-10-18(23)15-21(17)22;/h3-6,9-11,13,15,19H,7-8,12,14H2,1-2H3;1H. The first-order valence-corrected chi connectivity index (χ1v) is 9.21. The Bertz CT molecular complexity index is 796. The van der Waals surface area contributed by atoms with Crippen LogP contribution in [-0.2, 0) is 18.3 Å². The molecule has 0 N–H and O–H groups in total. The van der Waals surface area contributed by atoms with Crippen molar-refractivity contribution in [2.24, 2.45) is 0 Å². The molecule has 4 rings (SSSR count).